The fourth-order valence-electron chi connectivity index (χ4n) is 0.662. The van der Waals surface area contributed by atoms with Gasteiger partial charge in [0.05, 0.1) is 31.3 Å². The van der Waals surface area contributed by atoms with Gasteiger partial charge in [0.1, 0.15) is 0 Å². The van der Waals surface area contributed by atoms with Crippen molar-refractivity contribution in [3.8, 4) is 0 Å². The molecule has 0 fully saturated rings. The molecule has 0 amide bonds. The van der Waals surface area contributed by atoms with E-state index in [1.165, 1.54) is 6.26 Å². The van der Waals surface area contributed by atoms with Crippen LogP contribution in [-0.4, -0.2) is 37.9 Å². The second kappa shape index (κ2) is 7.24. The molecule has 0 unspecified atom stereocenters. The molecule has 0 aliphatic rings. The Bertz CT molecular complexity index is 305. The van der Waals surface area contributed by atoms with Crippen molar-refractivity contribution in [1.29, 1.82) is 0 Å². The molecule has 0 aliphatic carbocycles. The van der Waals surface area contributed by atoms with E-state index in [4.69, 9.17) is 9.29 Å². The van der Waals surface area contributed by atoms with E-state index < -0.39 is 21.8 Å². The molecule has 0 aromatic rings. The Kier molecular flexibility index (Phi) is 6.72. The number of carbonyl (C=O) groups excluding carboxylic acids is 1. The minimum absolute atomic E-state index is 0.0604. The van der Waals surface area contributed by atoms with Crippen LogP contribution in [0.25, 0.3) is 0 Å². The number of carbonyl (C=O) groups is 1. The molecule has 88 valence electrons. The van der Waals surface area contributed by atoms with Gasteiger partial charge in [0.25, 0.3) is 10.1 Å². The van der Waals surface area contributed by atoms with Gasteiger partial charge in [0.15, 0.2) is 0 Å². The number of hydrogen-bond donors (Lipinski definition) is 1. The molecule has 0 spiro atoms. The van der Waals surface area contributed by atoms with E-state index in [2.05, 4.69) is 4.74 Å². The minimum Gasteiger partial charge on any atom is -0.501 e. The predicted molar refractivity (Wildman–Crippen MR) is 52.8 cm³/mol. The Morgan fingerprint density at radius 1 is 1.47 bits per heavy atom. The lowest BCUT2D eigenvalue weighted by atomic mass is 10.5. The molecule has 0 atom stereocenters. The molecule has 0 saturated carbocycles. The van der Waals surface area contributed by atoms with Crippen molar-refractivity contribution < 1.29 is 27.2 Å². The van der Waals surface area contributed by atoms with E-state index in [1.807, 2.05) is 0 Å². The average Bonchev–Trinajstić information content (AvgIpc) is 2.11. The fourth-order valence-corrected chi connectivity index (χ4v) is 1.14. The Morgan fingerprint density at radius 3 is 2.67 bits per heavy atom. The third-order valence-corrected chi connectivity index (χ3v) is 2.06. The first-order valence-corrected chi connectivity index (χ1v) is 5.96. The van der Waals surface area contributed by atoms with Gasteiger partial charge in [-0.1, -0.05) is 0 Å². The fraction of sp³-hybridized carbons (Fsp3) is 0.625. The molecule has 0 bridgehead atoms. The van der Waals surface area contributed by atoms with Gasteiger partial charge in [0.2, 0.25) is 0 Å². The molecular formula is C8H14O6S. The first-order valence-electron chi connectivity index (χ1n) is 4.35. The molecule has 0 aliphatic heterocycles. The number of esters is 1. The summed E-state index contributed by atoms with van der Waals surface area (Å²) in [5.74, 6) is -1.03. The van der Waals surface area contributed by atoms with E-state index in [0.29, 0.717) is 6.61 Å². The van der Waals surface area contributed by atoms with E-state index in [1.54, 1.807) is 6.92 Å². The Morgan fingerprint density at radius 2 is 2.13 bits per heavy atom. The predicted octanol–water partition coefficient (Wildman–Crippen LogP) is 0.358. The smallest absolute Gasteiger partial charge is 0.333 e. The van der Waals surface area contributed by atoms with Gasteiger partial charge in [-0.15, -0.1) is 0 Å². The van der Waals surface area contributed by atoms with Gasteiger partial charge >= 0.3 is 5.97 Å². The minimum atomic E-state index is -3.98. The van der Waals surface area contributed by atoms with Crippen LogP contribution in [0.5, 0.6) is 0 Å². The third kappa shape index (κ3) is 10.8. The maximum absolute atomic E-state index is 10.8. The van der Waals surface area contributed by atoms with Crippen LogP contribution < -0.4 is 0 Å². The second-order valence-electron chi connectivity index (χ2n) is 2.57. The molecule has 1 N–H and O–H groups in total. The maximum atomic E-state index is 10.8. The molecule has 0 aromatic carbocycles. The van der Waals surface area contributed by atoms with Crippen LogP contribution in [0.4, 0.5) is 0 Å². The van der Waals surface area contributed by atoms with Crippen molar-refractivity contribution in [1.82, 2.24) is 0 Å². The standard InChI is InChI=1S/C8H14O6S/c1-2-13-6-4-8(9)14-5-3-7-15(10,11)12/h4,6H,2-3,5,7H2,1H3,(H,10,11,12). The van der Waals surface area contributed by atoms with Crippen molar-refractivity contribution in [3.05, 3.63) is 12.3 Å². The zero-order valence-electron chi connectivity index (χ0n) is 8.38. The Balaban J connectivity index is 3.56. The monoisotopic (exact) mass is 238 g/mol. The zero-order valence-corrected chi connectivity index (χ0v) is 9.20. The van der Waals surface area contributed by atoms with Crippen LogP contribution >= 0.6 is 0 Å². The van der Waals surface area contributed by atoms with Crippen molar-refractivity contribution in [3.63, 3.8) is 0 Å². The lowest BCUT2D eigenvalue weighted by molar-refractivity contribution is -0.137. The first kappa shape index (κ1) is 13.9. The highest BCUT2D eigenvalue weighted by Gasteiger charge is 2.04. The molecule has 0 heterocycles. The van der Waals surface area contributed by atoms with Crippen LogP contribution in [0.1, 0.15) is 13.3 Å². The highest BCUT2D eigenvalue weighted by atomic mass is 32.2. The Hall–Kier alpha value is -1.08. The topological polar surface area (TPSA) is 89.9 Å². The summed E-state index contributed by atoms with van der Waals surface area (Å²) in [6.45, 7) is 2.16. The lowest BCUT2D eigenvalue weighted by Crippen LogP contribution is -2.09. The quantitative estimate of drug-likeness (QED) is 0.226. The van der Waals surface area contributed by atoms with E-state index >= 15 is 0 Å². The van der Waals surface area contributed by atoms with Gasteiger partial charge in [-0.2, -0.15) is 8.42 Å². The Labute approximate surface area is 88.6 Å². The molecular weight excluding hydrogens is 224 g/mol. The van der Waals surface area contributed by atoms with Crippen molar-refractivity contribution in [2.24, 2.45) is 0 Å². The number of hydrogen-bond acceptors (Lipinski definition) is 5. The van der Waals surface area contributed by atoms with E-state index in [-0.39, 0.29) is 13.0 Å². The number of rotatable bonds is 7. The van der Waals surface area contributed by atoms with Crippen molar-refractivity contribution >= 4 is 16.1 Å². The summed E-state index contributed by atoms with van der Waals surface area (Å²) in [7, 11) is -3.98. The molecule has 0 aromatic heterocycles. The number of ether oxygens (including phenoxy) is 2. The largest absolute Gasteiger partial charge is 0.501 e. The van der Waals surface area contributed by atoms with Gasteiger partial charge in [-0.3, -0.25) is 4.55 Å². The van der Waals surface area contributed by atoms with Gasteiger partial charge in [0, 0.05) is 0 Å². The van der Waals surface area contributed by atoms with Gasteiger partial charge < -0.3 is 9.47 Å². The van der Waals surface area contributed by atoms with Gasteiger partial charge in [-0.25, -0.2) is 4.79 Å². The highest BCUT2D eigenvalue weighted by molar-refractivity contribution is 7.85. The molecule has 0 radical (unpaired) electrons. The molecule has 0 saturated heterocycles. The molecule has 0 rings (SSSR count). The van der Waals surface area contributed by atoms with Crippen molar-refractivity contribution in [2.45, 2.75) is 13.3 Å². The van der Waals surface area contributed by atoms with Crippen LogP contribution in [0.15, 0.2) is 12.3 Å². The molecule has 6 nitrogen and oxygen atoms in total. The van der Waals surface area contributed by atoms with Gasteiger partial charge in [-0.05, 0) is 13.3 Å². The summed E-state index contributed by atoms with van der Waals surface area (Å²) in [6.07, 6.45) is 2.36. The molecule has 15 heavy (non-hydrogen) atoms. The summed E-state index contributed by atoms with van der Waals surface area (Å²) in [4.78, 5) is 10.8. The van der Waals surface area contributed by atoms with Crippen LogP contribution in [0.3, 0.4) is 0 Å². The zero-order chi connectivity index (χ0) is 11.7. The first-order chi connectivity index (χ1) is 6.95. The average molecular weight is 238 g/mol. The highest BCUT2D eigenvalue weighted by Crippen LogP contribution is 1.91. The normalized spacial score (nSPS) is 11.6. The molecule has 7 heteroatoms. The van der Waals surface area contributed by atoms with Crippen LogP contribution in [-0.2, 0) is 24.4 Å². The van der Waals surface area contributed by atoms with E-state index in [0.717, 1.165) is 6.08 Å². The van der Waals surface area contributed by atoms with E-state index in [9.17, 15) is 13.2 Å². The summed E-state index contributed by atoms with van der Waals surface area (Å²) in [5, 5.41) is 0. The van der Waals surface area contributed by atoms with Crippen LogP contribution in [0, 0.1) is 0 Å². The van der Waals surface area contributed by atoms with Crippen molar-refractivity contribution in [2.75, 3.05) is 19.0 Å². The summed E-state index contributed by atoms with van der Waals surface area (Å²) in [6, 6.07) is 0. The van der Waals surface area contributed by atoms with Crippen LogP contribution in [0.2, 0.25) is 0 Å². The second-order valence-corrected chi connectivity index (χ2v) is 4.14. The summed E-state index contributed by atoms with van der Waals surface area (Å²) in [5.41, 5.74) is 0. The summed E-state index contributed by atoms with van der Waals surface area (Å²) >= 11 is 0. The third-order valence-electron chi connectivity index (χ3n) is 1.26. The summed E-state index contributed by atoms with van der Waals surface area (Å²) < 4.78 is 38.2. The maximum Gasteiger partial charge on any atom is 0.333 e. The SMILES string of the molecule is CCOC=CC(=O)OCCCS(=O)(=O)O. The lowest BCUT2D eigenvalue weighted by Gasteiger charge is -2.00.